The Kier molecular flexibility index (Phi) is 3.96. The van der Waals surface area contributed by atoms with Gasteiger partial charge in [0.25, 0.3) is 0 Å². The maximum atomic E-state index is 12.1. The van der Waals surface area contributed by atoms with Crippen molar-refractivity contribution in [3.05, 3.63) is 12.4 Å². The number of rotatable bonds is 5. The van der Waals surface area contributed by atoms with Crippen LogP contribution in [0.3, 0.4) is 0 Å². The molecular formula is C8H12F3N3O. The van der Waals surface area contributed by atoms with Crippen LogP contribution in [0.2, 0.25) is 0 Å². The van der Waals surface area contributed by atoms with E-state index >= 15 is 0 Å². The van der Waals surface area contributed by atoms with E-state index in [2.05, 4.69) is 10.3 Å². The minimum absolute atomic E-state index is 0.198. The lowest BCUT2D eigenvalue weighted by Gasteiger charge is -2.11. The number of nitrogens with zero attached hydrogens (tertiary/aromatic N) is 2. The molecule has 1 rings (SSSR count). The third-order valence-electron chi connectivity index (χ3n) is 1.65. The number of hydrogen-bond donors (Lipinski definition) is 1. The maximum Gasteiger partial charge on any atom is 0.406 e. The fraction of sp³-hybridized carbons (Fsp3) is 0.625. The summed E-state index contributed by atoms with van der Waals surface area (Å²) >= 11 is 0. The summed E-state index contributed by atoms with van der Waals surface area (Å²) in [5.74, 6) is 0.198. The first-order valence-electron chi connectivity index (χ1n) is 4.33. The molecule has 0 aromatic carbocycles. The molecule has 0 radical (unpaired) electrons. The highest BCUT2D eigenvalue weighted by molar-refractivity contribution is 5.25. The Labute approximate surface area is 85.1 Å². The normalized spacial score (nSPS) is 11.7. The lowest BCUT2D eigenvalue weighted by atomic mass is 10.6. The molecule has 0 atom stereocenters. The highest BCUT2D eigenvalue weighted by Gasteiger charge is 2.28. The number of aromatic nitrogens is 2. The summed E-state index contributed by atoms with van der Waals surface area (Å²) in [7, 11) is 1.52. The summed E-state index contributed by atoms with van der Waals surface area (Å²) in [6.45, 7) is -0.202. The van der Waals surface area contributed by atoms with E-state index in [0.717, 1.165) is 4.57 Å². The highest BCUT2D eigenvalue weighted by Crippen LogP contribution is 2.19. The van der Waals surface area contributed by atoms with Crippen LogP contribution in [0.4, 0.5) is 19.1 Å². The molecule has 86 valence electrons. The molecule has 1 N–H and O–H groups in total. The molecule has 0 aliphatic carbocycles. The molecule has 1 aromatic heterocycles. The first kappa shape index (κ1) is 11.8. The summed E-state index contributed by atoms with van der Waals surface area (Å²) in [4.78, 5) is 3.77. The maximum absolute atomic E-state index is 12.1. The van der Waals surface area contributed by atoms with E-state index in [1.54, 1.807) is 0 Å². The van der Waals surface area contributed by atoms with E-state index in [0.29, 0.717) is 13.2 Å². The first-order valence-corrected chi connectivity index (χ1v) is 4.33. The molecule has 0 spiro atoms. The average Bonchev–Trinajstić information content (AvgIpc) is 2.50. The number of imidazole rings is 1. The smallest absolute Gasteiger partial charge is 0.383 e. The summed E-state index contributed by atoms with van der Waals surface area (Å²) in [6, 6.07) is 0. The number of hydrogen-bond acceptors (Lipinski definition) is 3. The molecule has 15 heavy (non-hydrogen) atoms. The van der Waals surface area contributed by atoms with Gasteiger partial charge in [0, 0.05) is 26.0 Å². The Hall–Kier alpha value is -1.24. The van der Waals surface area contributed by atoms with Crippen molar-refractivity contribution in [2.45, 2.75) is 12.7 Å². The molecule has 0 fully saturated rings. The van der Waals surface area contributed by atoms with Crippen molar-refractivity contribution in [2.24, 2.45) is 0 Å². The topological polar surface area (TPSA) is 39.1 Å². The zero-order valence-electron chi connectivity index (χ0n) is 8.21. The summed E-state index contributed by atoms with van der Waals surface area (Å²) in [5.41, 5.74) is 0. The predicted molar refractivity (Wildman–Crippen MR) is 48.6 cm³/mol. The Balaban J connectivity index is 2.53. The van der Waals surface area contributed by atoms with E-state index < -0.39 is 12.7 Å². The number of anilines is 1. The van der Waals surface area contributed by atoms with Crippen LogP contribution in [-0.2, 0) is 11.3 Å². The molecule has 0 aliphatic rings. The van der Waals surface area contributed by atoms with Crippen LogP contribution in [0.15, 0.2) is 12.4 Å². The van der Waals surface area contributed by atoms with Crippen molar-refractivity contribution in [3.63, 3.8) is 0 Å². The molecule has 1 aromatic rings. The number of nitrogens with one attached hydrogen (secondary N) is 1. The number of alkyl halides is 3. The van der Waals surface area contributed by atoms with Crippen LogP contribution in [-0.4, -0.2) is 36.0 Å². The number of ether oxygens (including phenoxy) is 1. The fourth-order valence-electron chi connectivity index (χ4n) is 1.06. The largest absolute Gasteiger partial charge is 0.406 e. The van der Waals surface area contributed by atoms with Crippen molar-refractivity contribution in [2.75, 3.05) is 25.6 Å². The van der Waals surface area contributed by atoms with Gasteiger partial charge < -0.3 is 14.6 Å². The van der Waals surface area contributed by atoms with Crippen molar-refractivity contribution in [1.82, 2.24) is 9.55 Å². The van der Waals surface area contributed by atoms with Gasteiger partial charge in [-0.15, -0.1) is 0 Å². The van der Waals surface area contributed by atoms with Gasteiger partial charge >= 0.3 is 6.18 Å². The molecule has 7 heteroatoms. The molecule has 1 heterocycles. The Morgan fingerprint density at radius 1 is 1.53 bits per heavy atom. The zero-order valence-corrected chi connectivity index (χ0v) is 8.21. The minimum Gasteiger partial charge on any atom is -0.383 e. The highest BCUT2D eigenvalue weighted by atomic mass is 19.4. The second kappa shape index (κ2) is 5.01. The Bertz CT molecular complexity index is 298. The minimum atomic E-state index is -4.24. The number of halogens is 3. The SMILES string of the molecule is COCCNc1nccn1CC(F)(F)F. The van der Waals surface area contributed by atoms with Crippen LogP contribution in [0.25, 0.3) is 0 Å². The van der Waals surface area contributed by atoms with Gasteiger partial charge in [-0.2, -0.15) is 13.2 Å². The summed E-state index contributed by atoms with van der Waals surface area (Å²) < 4.78 is 42.0. The lowest BCUT2D eigenvalue weighted by molar-refractivity contribution is -0.140. The molecule has 4 nitrogen and oxygen atoms in total. The molecule has 0 amide bonds. The standard InChI is InChI=1S/C8H12F3N3O/c1-15-5-3-13-7-12-2-4-14(7)6-8(9,10)11/h2,4H,3,5-6H2,1H3,(H,12,13). The van der Waals surface area contributed by atoms with Crippen molar-refractivity contribution < 1.29 is 17.9 Å². The van der Waals surface area contributed by atoms with Crippen molar-refractivity contribution >= 4 is 5.95 Å². The third-order valence-corrected chi connectivity index (χ3v) is 1.65. The van der Waals surface area contributed by atoms with E-state index in [1.165, 1.54) is 19.5 Å². The van der Waals surface area contributed by atoms with E-state index in [9.17, 15) is 13.2 Å². The fourth-order valence-corrected chi connectivity index (χ4v) is 1.06. The van der Waals surface area contributed by atoms with Gasteiger partial charge in [0.05, 0.1) is 6.61 Å². The van der Waals surface area contributed by atoms with E-state index in [1.807, 2.05) is 0 Å². The van der Waals surface area contributed by atoms with Crippen molar-refractivity contribution in [3.8, 4) is 0 Å². The average molecular weight is 223 g/mol. The summed E-state index contributed by atoms with van der Waals surface area (Å²) in [6.07, 6.45) is -1.64. The van der Waals surface area contributed by atoms with Crippen molar-refractivity contribution in [1.29, 1.82) is 0 Å². The second-order valence-corrected chi connectivity index (χ2v) is 2.91. The molecule has 0 unspecified atom stereocenters. The van der Waals surface area contributed by atoms with Gasteiger partial charge in [0.1, 0.15) is 6.54 Å². The molecule has 0 saturated carbocycles. The first-order chi connectivity index (χ1) is 7.03. The van der Waals surface area contributed by atoms with Crippen LogP contribution in [0, 0.1) is 0 Å². The van der Waals surface area contributed by atoms with Gasteiger partial charge in [-0.1, -0.05) is 0 Å². The van der Waals surface area contributed by atoms with Crippen LogP contribution in [0.1, 0.15) is 0 Å². The Morgan fingerprint density at radius 3 is 2.87 bits per heavy atom. The predicted octanol–water partition coefficient (Wildman–Crippen LogP) is 1.50. The second-order valence-electron chi connectivity index (χ2n) is 2.91. The van der Waals surface area contributed by atoms with Gasteiger partial charge in [-0.25, -0.2) is 4.98 Å². The number of methoxy groups -OCH3 is 1. The van der Waals surface area contributed by atoms with E-state index in [-0.39, 0.29) is 5.95 Å². The summed E-state index contributed by atoms with van der Waals surface area (Å²) in [5, 5.41) is 2.74. The molecule has 0 saturated heterocycles. The van der Waals surface area contributed by atoms with Gasteiger partial charge in [-0.3, -0.25) is 0 Å². The van der Waals surface area contributed by atoms with E-state index in [4.69, 9.17) is 4.74 Å². The third kappa shape index (κ3) is 4.20. The lowest BCUT2D eigenvalue weighted by Crippen LogP contribution is -2.20. The van der Waals surface area contributed by atoms with Crippen LogP contribution < -0.4 is 5.32 Å². The van der Waals surface area contributed by atoms with Gasteiger partial charge in [0.2, 0.25) is 5.95 Å². The molecule has 0 bridgehead atoms. The quantitative estimate of drug-likeness (QED) is 0.769. The molecule has 0 aliphatic heterocycles. The van der Waals surface area contributed by atoms with Crippen LogP contribution in [0.5, 0.6) is 0 Å². The zero-order chi connectivity index (χ0) is 11.3. The monoisotopic (exact) mass is 223 g/mol. The molecular weight excluding hydrogens is 211 g/mol. The van der Waals surface area contributed by atoms with Gasteiger partial charge in [0.15, 0.2) is 0 Å². The van der Waals surface area contributed by atoms with Gasteiger partial charge in [-0.05, 0) is 0 Å². The Morgan fingerprint density at radius 2 is 2.27 bits per heavy atom. The van der Waals surface area contributed by atoms with Crippen LogP contribution >= 0.6 is 0 Å².